The molecule has 2 aromatic rings. The molecule has 20 heavy (non-hydrogen) atoms. The van der Waals surface area contributed by atoms with Gasteiger partial charge in [0.15, 0.2) is 0 Å². The number of anilines is 1. The van der Waals surface area contributed by atoms with Crippen LogP contribution in [0.1, 0.15) is 24.5 Å². The lowest BCUT2D eigenvalue weighted by molar-refractivity contribution is 0.247. The molecule has 0 fully saturated rings. The van der Waals surface area contributed by atoms with E-state index in [9.17, 15) is 9.18 Å². The average Bonchev–Trinajstić information content (AvgIpc) is 2.79. The Morgan fingerprint density at radius 3 is 2.70 bits per heavy atom. The SMILES string of the molecule is Cc1ccc([C@@H](C)NC(=O)Nc2ccc(F)cc2Cl)o1. The minimum atomic E-state index is -0.458. The van der Waals surface area contributed by atoms with Crippen LogP contribution < -0.4 is 10.6 Å². The Kier molecular flexibility index (Phi) is 4.29. The highest BCUT2D eigenvalue weighted by molar-refractivity contribution is 6.33. The number of hydrogen-bond donors (Lipinski definition) is 2. The van der Waals surface area contributed by atoms with E-state index in [4.69, 9.17) is 16.0 Å². The number of benzene rings is 1. The van der Waals surface area contributed by atoms with Gasteiger partial charge in [0.1, 0.15) is 17.3 Å². The molecule has 6 heteroatoms. The smallest absolute Gasteiger partial charge is 0.319 e. The number of rotatable bonds is 3. The molecule has 0 unspecified atom stereocenters. The van der Waals surface area contributed by atoms with Gasteiger partial charge in [0.2, 0.25) is 0 Å². The van der Waals surface area contributed by atoms with Crippen molar-refractivity contribution in [3.63, 3.8) is 0 Å². The summed E-state index contributed by atoms with van der Waals surface area (Å²) in [6.45, 7) is 3.62. The van der Waals surface area contributed by atoms with E-state index in [2.05, 4.69) is 10.6 Å². The monoisotopic (exact) mass is 296 g/mol. The third-order valence-electron chi connectivity index (χ3n) is 2.71. The van der Waals surface area contributed by atoms with Gasteiger partial charge >= 0.3 is 6.03 Å². The molecule has 0 spiro atoms. The molecule has 2 N–H and O–H groups in total. The molecule has 1 atom stereocenters. The zero-order chi connectivity index (χ0) is 14.7. The summed E-state index contributed by atoms with van der Waals surface area (Å²) in [5.74, 6) is 0.971. The van der Waals surface area contributed by atoms with Crippen molar-refractivity contribution >= 4 is 23.3 Å². The quantitative estimate of drug-likeness (QED) is 0.889. The van der Waals surface area contributed by atoms with Crippen LogP contribution in [0.2, 0.25) is 5.02 Å². The number of hydrogen-bond acceptors (Lipinski definition) is 2. The first-order valence-corrected chi connectivity index (χ1v) is 6.42. The van der Waals surface area contributed by atoms with E-state index in [0.29, 0.717) is 11.4 Å². The van der Waals surface area contributed by atoms with Crippen molar-refractivity contribution in [2.24, 2.45) is 0 Å². The molecule has 0 saturated heterocycles. The molecule has 2 amide bonds. The summed E-state index contributed by atoms with van der Waals surface area (Å²) in [6, 6.07) is 6.65. The highest BCUT2D eigenvalue weighted by atomic mass is 35.5. The lowest BCUT2D eigenvalue weighted by atomic mass is 10.2. The first-order valence-electron chi connectivity index (χ1n) is 6.04. The van der Waals surface area contributed by atoms with Crippen LogP contribution in [0.4, 0.5) is 14.9 Å². The van der Waals surface area contributed by atoms with Crippen molar-refractivity contribution in [3.05, 3.63) is 52.7 Å². The molecule has 0 bridgehead atoms. The number of furan rings is 1. The Morgan fingerprint density at radius 2 is 2.10 bits per heavy atom. The van der Waals surface area contributed by atoms with E-state index < -0.39 is 11.8 Å². The molecule has 0 aliphatic heterocycles. The molecular weight excluding hydrogens is 283 g/mol. The lowest BCUT2D eigenvalue weighted by Gasteiger charge is -2.13. The first kappa shape index (κ1) is 14.4. The van der Waals surface area contributed by atoms with Gasteiger partial charge in [0.25, 0.3) is 0 Å². The summed E-state index contributed by atoms with van der Waals surface area (Å²) >= 11 is 5.83. The molecule has 0 aliphatic carbocycles. The lowest BCUT2D eigenvalue weighted by Crippen LogP contribution is -2.31. The van der Waals surface area contributed by atoms with Crippen molar-refractivity contribution in [2.45, 2.75) is 19.9 Å². The van der Waals surface area contributed by atoms with Gasteiger partial charge in [0.05, 0.1) is 16.8 Å². The predicted octanol–water partition coefficient (Wildman–Crippen LogP) is 4.26. The third-order valence-corrected chi connectivity index (χ3v) is 3.03. The Morgan fingerprint density at radius 1 is 1.35 bits per heavy atom. The van der Waals surface area contributed by atoms with Crippen molar-refractivity contribution < 1.29 is 13.6 Å². The van der Waals surface area contributed by atoms with Gasteiger partial charge in [-0.3, -0.25) is 0 Å². The van der Waals surface area contributed by atoms with E-state index in [-0.39, 0.29) is 11.1 Å². The number of halogens is 2. The normalized spacial score (nSPS) is 12.0. The number of carbonyl (C=O) groups is 1. The molecule has 0 radical (unpaired) electrons. The Bertz CT molecular complexity index is 627. The predicted molar refractivity (Wildman–Crippen MR) is 75.4 cm³/mol. The molecule has 0 aliphatic rings. The number of carbonyl (C=O) groups excluding carboxylic acids is 1. The second kappa shape index (κ2) is 5.96. The van der Waals surface area contributed by atoms with E-state index >= 15 is 0 Å². The maximum Gasteiger partial charge on any atom is 0.319 e. The van der Waals surface area contributed by atoms with E-state index in [0.717, 1.165) is 11.8 Å². The van der Waals surface area contributed by atoms with Crippen LogP contribution in [-0.4, -0.2) is 6.03 Å². The third kappa shape index (κ3) is 3.51. The summed E-state index contributed by atoms with van der Waals surface area (Å²) in [4.78, 5) is 11.8. The van der Waals surface area contributed by atoms with E-state index in [1.807, 2.05) is 13.0 Å². The van der Waals surface area contributed by atoms with Crippen LogP contribution in [0.15, 0.2) is 34.7 Å². The zero-order valence-electron chi connectivity index (χ0n) is 11.0. The number of nitrogens with one attached hydrogen (secondary N) is 2. The molecule has 1 aromatic carbocycles. The molecule has 4 nitrogen and oxygen atoms in total. The molecule has 1 aromatic heterocycles. The topological polar surface area (TPSA) is 54.3 Å². The fraction of sp³-hybridized carbons (Fsp3) is 0.214. The standard InChI is InChI=1S/C14H14ClFN2O2/c1-8-3-6-13(20-8)9(2)17-14(19)18-12-5-4-10(16)7-11(12)15/h3-7,9H,1-2H3,(H2,17,18,19)/t9-/m1/s1. The summed E-state index contributed by atoms with van der Waals surface area (Å²) in [7, 11) is 0. The van der Waals surface area contributed by atoms with Gasteiger partial charge in [0, 0.05) is 0 Å². The molecule has 1 heterocycles. The van der Waals surface area contributed by atoms with Gasteiger partial charge in [-0.2, -0.15) is 0 Å². The Labute approximate surface area is 120 Å². The van der Waals surface area contributed by atoms with Crippen molar-refractivity contribution in [3.8, 4) is 0 Å². The molecule has 106 valence electrons. The highest BCUT2D eigenvalue weighted by Gasteiger charge is 2.13. The van der Waals surface area contributed by atoms with Crippen LogP contribution in [0, 0.1) is 12.7 Å². The molecule has 2 rings (SSSR count). The molecule has 0 saturated carbocycles. The zero-order valence-corrected chi connectivity index (χ0v) is 11.8. The first-order chi connectivity index (χ1) is 9.45. The van der Waals surface area contributed by atoms with Gasteiger partial charge in [-0.15, -0.1) is 0 Å². The fourth-order valence-electron chi connectivity index (χ4n) is 1.70. The van der Waals surface area contributed by atoms with Gasteiger partial charge in [-0.1, -0.05) is 11.6 Å². The van der Waals surface area contributed by atoms with Crippen molar-refractivity contribution in [1.82, 2.24) is 5.32 Å². The van der Waals surface area contributed by atoms with Crippen LogP contribution in [0.3, 0.4) is 0 Å². The summed E-state index contributed by atoms with van der Waals surface area (Å²) in [5, 5.41) is 5.40. The minimum absolute atomic E-state index is 0.140. The van der Waals surface area contributed by atoms with Crippen LogP contribution in [0.5, 0.6) is 0 Å². The van der Waals surface area contributed by atoms with Gasteiger partial charge < -0.3 is 15.1 Å². The second-order valence-electron chi connectivity index (χ2n) is 4.39. The molecular formula is C14H14ClFN2O2. The number of urea groups is 1. The summed E-state index contributed by atoms with van der Waals surface area (Å²) < 4.78 is 18.3. The Hall–Kier alpha value is -2.01. The maximum absolute atomic E-state index is 12.9. The van der Waals surface area contributed by atoms with Crippen molar-refractivity contribution in [1.29, 1.82) is 0 Å². The number of amides is 2. The average molecular weight is 297 g/mol. The highest BCUT2D eigenvalue weighted by Crippen LogP contribution is 2.22. The van der Waals surface area contributed by atoms with Gasteiger partial charge in [-0.25, -0.2) is 9.18 Å². The number of aryl methyl sites for hydroxylation is 1. The Balaban J connectivity index is 1.98. The van der Waals surface area contributed by atoms with E-state index in [1.165, 1.54) is 12.1 Å². The van der Waals surface area contributed by atoms with E-state index in [1.54, 1.807) is 13.0 Å². The minimum Gasteiger partial charge on any atom is -0.464 e. The van der Waals surface area contributed by atoms with Gasteiger partial charge in [-0.05, 0) is 44.2 Å². The maximum atomic E-state index is 12.9. The van der Waals surface area contributed by atoms with Crippen LogP contribution in [0.25, 0.3) is 0 Å². The van der Waals surface area contributed by atoms with Crippen LogP contribution >= 0.6 is 11.6 Å². The summed E-state index contributed by atoms with van der Waals surface area (Å²) in [5.41, 5.74) is 0.341. The largest absolute Gasteiger partial charge is 0.464 e. The van der Waals surface area contributed by atoms with Crippen molar-refractivity contribution in [2.75, 3.05) is 5.32 Å². The van der Waals surface area contributed by atoms with Crippen LogP contribution in [-0.2, 0) is 0 Å². The fourth-order valence-corrected chi connectivity index (χ4v) is 1.92. The summed E-state index contributed by atoms with van der Waals surface area (Å²) in [6.07, 6.45) is 0. The second-order valence-corrected chi connectivity index (χ2v) is 4.80.